The maximum absolute atomic E-state index is 11.5. The van der Waals surface area contributed by atoms with E-state index in [1.54, 1.807) is 6.92 Å². The van der Waals surface area contributed by atoms with Gasteiger partial charge >= 0.3 is 24.3 Å². The number of hydrogen-bond donors (Lipinski definition) is 3. The zero-order chi connectivity index (χ0) is 26.1. The van der Waals surface area contributed by atoms with Crippen LogP contribution in [0.15, 0.2) is 36.4 Å². The molecule has 2 heterocycles. The molecule has 0 radical (unpaired) electrons. The van der Waals surface area contributed by atoms with Gasteiger partial charge in [0.05, 0.1) is 5.69 Å². The van der Waals surface area contributed by atoms with Crippen LogP contribution in [-0.2, 0) is 16.1 Å². The fourth-order valence-corrected chi connectivity index (χ4v) is 2.23. The average molecular weight is 496 g/mol. The summed E-state index contributed by atoms with van der Waals surface area (Å²) in [5, 5.41) is 17.5. The highest BCUT2D eigenvalue weighted by Gasteiger charge is 2.38. The summed E-state index contributed by atoms with van der Waals surface area (Å²) in [7, 11) is 0. The number of hydrogen-bond acceptors (Lipinski definition) is 6. The number of ether oxygens (including phenoxy) is 1. The molecule has 1 aromatic heterocycles. The van der Waals surface area contributed by atoms with Crippen LogP contribution in [-0.4, -0.2) is 58.4 Å². The van der Waals surface area contributed by atoms with E-state index in [1.165, 1.54) is 0 Å². The number of carbonyl (C=O) groups is 3. The van der Waals surface area contributed by atoms with Crippen molar-refractivity contribution in [3.63, 3.8) is 0 Å². The molecular formula is C20H18F6N2O6. The Bertz CT molecular complexity index is 999. The molecule has 34 heavy (non-hydrogen) atoms. The van der Waals surface area contributed by atoms with Gasteiger partial charge < -0.3 is 20.3 Å². The summed E-state index contributed by atoms with van der Waals surface area (Å²) in [6.07, 6.45) is -10.2. The van der Waals surface area contributed by atoms with Gasteiger partial charge in [0.15, 0.2) is 5.78 Å². The minimum atomic E-state index is -5.08. The zero-order valence-electron chi connectivity index (χ0n) is 17.3. The van der Waals surface area contributed by atoms with E-state index in [2.05, 4.69) is 10.3 Å². The van der Waals surface area contributed by atoms with Crippen molar-refractivity contribution in [1.82, 2.24) is 10.3 Å². The molecule has 0 aliphatic carbocycles. The first-order valence-electron chi connectivity index (χ1n) is 9.18. The van der Waals surface area contributed by atoms with Crippen molar-refractivity contribution < 1.29 is 55.7 Å². The third kappa shape index (κ3) is 9.44. The summed E-state index contributed by atoms with van der Waals surface area (Å²) < 4.78 is 69.1. The number of nitrogens with zero attached hydrogens (tertiary/aromatic N) is 1. The molecule has 0 bridgehead atoms. The number of carbonyl (C=O) groups excluding carboxylic acids is 1. The molecule has 3 N–H and O–H groups in total. The van der Waals surface area contributed by atoms with Crippen molar-refractivity contribution in [3.05, 3.63) is 47.5 Å². The Morgan fingerprint density at radius 1 is 0.971 bits per heavy atom. The topological polar surface area (TPSA) is 126 Å². The third-order valence-electron chi connectivity index (χ3n) is 3.82. The van der Waals surface area contributed by atoms with E-state index in [9.17, 15) is 31.1 Å². The Morgan fingerprint density at radius 3 is 2.03 bits per heavy atom. The third-order valence-corrected chi connectivity index (χ3v) is 3.82. The van der Waals surface area contributed by atoms with Crippen molar-refractivity contribution in [3.8, 4) is 17.1 Å². The number of ketones is 1. The number of halogens is 6. The Morgan fingerprint density at radius 2 is 1.53 bits per heavy atom. The van der Waals surface area contributed by atoms with Gasteiger partial charge in [0.1, 0.15) is 6.61 Å². The van der Waals surface area contributed by atoms with Gasteiger partial charge in [0.25, 0.3) is 0 Å². The molecule has 0 amide bonds. The maximum Gasteiger partial charge on any atom is 0.490 e. The fraction of sp³-hybridized carbons (Fsp3) is 0.300. The number of carboxylic acids is 2. The molecular weight excluding hydrogens is 478 g/mol. The molecule has 0 atom stereocenters. The maximum atomic E-state index is 11.5. The second kappa shape index (κ2) is 12.0. The quantitative estimate of drug-likeness (QED) is 0.425. The summed E-state index contributed by atoms with van der Waals surface area (Å²) in [5.41, 5.74) is 3.52. The van der Waals surface area contributed by atoms with Crippen LogP contribution in [0.4, 0.5) is 26.3 Å². The largest absolute Gasteiger partial charge is 0.490 e. The van der Waals surface area contributed by atoms with Gasteiger partial charge in [-0.15, -0.1) is 0 Å². The predicted molar refractivity (Wildman–Crippen MR) is 104 cm³/mol. The number of aliphatic carboxylic acids is 2. The van der Waals surface area contributed by atoms with Gasteiger partial charge in [0.2, 0.25) is 5.88 Å². The predicted octanol–water partition coefficient (Wildman–Crippen LogP) is 3.70. The van der Waals surface area contributed by atoms with Crippen LogP contribution in [0.2, 0.25) is 0 Å². The lowest BCUT2D eigenvalue weighted by Crippen LogP contribution is -2.21. The smallest absolute Gasteiger partial charge is 0.476 e. The molecule has 0 saturated carbocycles. The summed E-state index contributed by atoms with van der Waals surface area (Å²) in [4.78, 5) is 33.8. The standard InChI is InChI=1S/C16H16N2O2.2C2HF3O2/c1-11(19)12-3-2-4-13(9-12)15-6-5-14-10-17-7-8-20-16(14)18-15;2*3-2(4,5)1(6)7/h2-6,9,17H,7-8,10H2,1H3;2*(H,6,7). The van der Waals surface area contributed by atoms with Gasteiger partial charge in [-0.25, -0.2) is 14.6 Å². The van der Waals surface area contributed by atoms with Crippen LogP contribution >= 0.6 is 0 Å². The lowest BCUT2D eigenvalue weighted by Gasteiger charge is -2.08. The molecule has 14 heteroatoms. The van der Waals surface area contributed by atoms with Gasteiger partial charge in [-0.2, -0.15) is 26.3 Å². The number of pyridine rings is 1. The van der Waals surface area contributed by atoms with Crippen LogP contribution in [0.3, 0.4) is 0 Å². The monoisotopic (exact) mass is 496 g/mol. The van der Waals surface area contributed by atoms with E-state index in [0.29, 0.717) is 18.1 Å². The molecule has 8 nitrogen and oxygen atoms in total. The van der Waals surface area contributed by atoms with Crippen molar-refractivity contribution in [1.29, 1.82) is 0 Å². The molecule has 0 fully saturated rings. The molecule has 0 saturated heterocycles. The second-order valence-corrected chi connectivity index (χ2v) is 6.43. The number of carboxylic acid groups (broad SMARTS) is 2. The minimum Gasteiger partial charge on any atom is -0.476 e. The molecule has 1 aliphatic rings. The second-order valence-electron chi connectivity index (χ2n) is 6.43. The number of benzene rings is 1. The Kier molecular flexibility index (Phi) is 9.98. The number of nitrogens with one attached hydrogen (secondary N) is 1. The Balaban J connectivity index is 0.000000343. The lowest BCUT2D eigenvalue weighted by atomic mass is 10.0. The van der Waals surface area contributed by atoms with Crippen molar-refractivity contribution in [2.24, 2.45) is 0 Å². The summed E-state index contributed by atoms with van der Waals surface area (Å²) in [6, 6.07) is 11.5. The average Bonchev–Trinajstić information content (AvgIpc) is 2.98. The van der Waals surface area contributed by atoms with E-state index >= 15 is 0 Å². The normalized spacial score (nSPS) is 12.9. The molecule has 1 aliphatic heterocycles. The number of alkyl halides is 6. The first-order chi connectivity index (χ1) is 15.6. The van der Waals surface area contributed by atoms with Gasteiger partial charge in [-0.3, -0.25) is 4.79 Å². The minimum absolute atomic E-state index is 0.0575. The number of rotatable bonds is 2. The fourth-order valence-electron chi connectivity index (χ4n) is 2.23. The van der Waals surface area contributed by atoms with Gasteiger partial charge in [0, 0.05) is 29.8 Å². The highest BCUT2D eigenvalue weighted by Crippen LogP contribution is 2.25. The highest BCUT2D eigenvalue weighted by molar-refractivity contribution is 5.95. The van der Waals surface area contributed by atoms with Gasteiger partial charge in [-0.05, 0) is 19.1 Å². The van der Waals surface area contributed by atoms with Crippen LogP contribution in [0.5, 0.6) is 5.88 Å². The summed E-state index contributed by atoms with van der Waals surface area (Å²) in [5.74, 6) is -4.78. The molecule has 1 aromatic carbocycles. The number of fused-ring (bicyclic) bond motifs is 1. The van der Waals surface area contributed by atoms with Crippen LogP contribution < -0.4 is 10.1 Å². The van der Waals surface area contributed by atoms with E-state index < -0.39 is 24.3 Å². The molecule has 0 unspecified atom stereocenters. The lowest BCUT2D eigenvalue weighted by molar-refractivity contribution is -0.193. The van der Waals surface area contributed by atoms with Crippen molar-refractivity contribution in [2.75, 3.05) is 13.2 Å². The molecule has 0 spiro atoms. The van der Waals surface area contributed by atoms with Crippen LogP contribution in [0, 0.1) is 0 Å². The molecule has 186 valence electrons. The first-order valence-corrected chi connectivity index (χ1v) is 9.18. The highest BCUT2D eigenvalue weighted by atomic mass is 19.4. The SMILES string of the molecule is CC(=O)c1cccc(-c2ccc3c(n2)OCCNC3)c1.O=C(O)C(F)(F)F.O=C(O)C(F)(F)F. The Labute approximate surface area is 188 Å². The van der Waals surface area contributed by atoms with E-state index in [-0.39, 0.29) is 5.78 Å². The van der Waals surface area contributed by atoms with Crippen LogP contribution in [0.1, 0.15) is 22.8 Å². The number of Topliss-reactive ketones (excluding diaryl/α,β-unsaturated/α-hetero) is 1. The summed E-state index contributed by atoms with van der Waals surface area (Å²) in [6.45, 7) is 3.79. The van der Waals surface area contributed by atoms with E-state index in [0.717, 1.165) is 29.9 Å². The van der Waals surface area contributed by atoms with Gasteiger partial charge in [-0.1, -0.05) is 24.3 Å². The van der Waals surface area contributed by atoms with Crippen LogP contribution in [0.25, 0.3) is 11.3 Å². The first kappa shape index (κ1) is 28.4. The van der Waals surface area contributed by atoms with Crippen molar-refractivity contribution in [2.45, 2.75) is 25.8 Å². The van der Waals surface area contributed by atoms with E-state index in [1.807, 2.05) is 36.4 Å². The number of aromatic nitrogens is 1. The van der Waals surface area contributed by atoms with E-state index in [4.69, 9.17) is 24.5 Å². The van der Waals surface area contributed by atoms with Crippen molar-refractivity contribution >= 4 is 17.7 Å². The summed E-state index contributed by atoms with van der Waals surface area (Å²) >= 11 is 0. The zero-order valence-corrected chi connectivity index (χ0v) is 17.3. The molecule has 2 aromatic rings. The Hall–Kier alpha value is -3.68. The molecule has 3 rings (SSSR count).